The summed E-state index contributed by atoms with van der Waals surface area (Å²) in [5, 5.41) is 0. The van der Waals surface area contributed by atoms with E-state index in [4.69, 9.17) is 18.9 Å². The zero-order chi connectivity index (χ0) is 40.4. The fraction of sp³-hybridized carbons (Fsp3) is 0.340. The summed E-state index contributed by atoms with van der Waals surface area (Å²) in [6.45, 7) is 13.3. The molecular weight excluding hydrogens is 719 g/mol. The van der Waals surface area contributed by atoms with Gasteiger partial charge in [0, 0.05) is 78.5 Å². The van der Waals surface area contributed by atoms with Crippen LogP contribution in [0.25, 0.3) is 0 Å². The van der Waals surface area contributed by atoms with Gasteiger partial charge in [0.05, 0.1) is 16.4 Å². The molecular formula is C47H49N3O7. The lowest BCUT2D eigenvalue weighted by Crippen LogP contribution is -2.33. The molecule has 0 atom stereocenters. The van der Waals surface area contributed by atoms with E-state index in [2.05, 4.69) is 33.1 Å². The van der Waals surface area contributed by atoms with Crippen molar-refractivity contribution in [3.05, 3.63) is 143 Å². The smallest absolute Gasteiger partial charge is 0.340 e. The third-order valence-electron chi connectivity index (χ3n) is 10.2. The van der Waals surface area contributed by atoms with Crippen LogP contribution in [0.4, 0.5) is 0 Å². The number of hydrogen-bond acceptors (Lipinski definition) is 10. The van der Waals surface area contributed by atoms with Gasteiger partial charge in [-0.25, -0.2) is 4.79 Å². The van der Waals surface area contributed by atoms with Crippen LogP contribution in [0.5, 0.6) is 23.0 Å². The summed E-state index contributed by atoms with van der Waals surface area (Å²) in [6.07, 6.45) is 7.00. The van der Waals surface area contributed by atoms with Crippen LogP contribution >= 0.6 is 0 Å². The van der Waals surface area contributed by atoms with Crippen molar-refractivity contribution in [3.63, 3.8) is 0 Å². The second-order valence-corrected chi connectivity index (χ2v) is 16.7. The third kappa shape index (κ3) is 8.61. The van der Waals surface area contributed by atoms with Crippen molar-refractivity contribution >= 4 is 17.9 Å². The van der Waals surface area contributed by atoms with Crippen LogP contribution in [0.15, 0.2) is 103 Å². The Hall–Kier alpha value is -5.87. The number of aromatic nitrogens is 2. The van der Waals surface area contributed by atoms with E-state index in [0.29, 0.717) is 33.8 Å². The highest BCUT2D eigenvalue weighted by atomic mass is 16.6. The highest BCUT2D eigenvalue weighted by molar-refractivity contribution is 5.97. The van der Waals surface area contributed by atoms with E-state index in [0.717, 1.165) is 62.3 Å². The molecule has 5 aromatic rings. The second-order valence-electron chi connectivity index (χ2n) is 16.7. The Morgan fingerprint density at radius 2 is 1.19 bits per heavy atom. The molecule has 0 fully saturated rings. The Morgan fingerprint density at radius 1 is 0.649 bits per heavy atom. The number of benzene rings is 3. The second kappa shape index (κ2) is 15.9. The van der Waals surface area contributed by atoms with Gasteiger partial charge in [-0.2, -0.15) is 0 Å². The van der Waals surface area contributed by atoms with Gasteiger partial charge in [-0.3, -0.25) is 19.6 Å². The number of rotatable bonds is 12. The Labute approximate surface area is 334 Å². The molecule has 0 aliphatic carbocycles. The number of fused-ring (bicyclic) bond motifs is 6. The van der Waals surface area contributed by atoms with Crippen molar-refractivity contribution in [2.24, 2.45) is 10.8 Å². The first-order valence-electron chi connectivity index (χ1n) is 19.5. The first kappa shape index (κ1) is 39.4. The minimum atomic E-state index is -1.37. The molecule has 0 amide bonds. The van der Waals surface area contributed by atoms with Crippen LogP contribution in [0.3, 0.4) is 0 Å². The van der Waals surface area contributed by atoms with Crippen molar-refractivity contribution < 1.29 is 33.3 Å². The van der Waals surface area contributed by atoms with Gasteiger partial charge in [-0.15, -0.1) is 0 Å². The normalized spacial score (nSPS) is 14.0. The zero-order valence-electron chi connectivity index (χ0n) is 33.5. The van der Waals surface area contributed by atoms with E-state index in [1.165, 1.54) is 0 Å². The first-order chi connectivity index (χ1) is 27.2. The van der Waals surface area contributed by atoms with Gasteiger partial charge in [-0.1, -0.05) is 24.3 Å². The number of aryl methyl sites for hydroxylation is 1. The maximum absolute atomic E-state index is 13.8. The van der Waals surface area contributed by atoms with Crippen molar-refractivity contribution in [3.8, 4) is 23.0 Å². The SMILES string of the molecule is CC(C)(C)C(=O)Oc1ccc2c(c1)Oc1cc(OC(=O)C(C)(C)C)ccc1C21OC(=O)c2ccc(CCCN(CCc3ccccn3)CCc3ccccn3)cc21. The van der Waals surface area contributed by atoms with Gasteiger partial charge >= 0.3 is 17.9 Å². The third-order valence-corrected chi connectivity index (χ3v) is 10.2. The maximum Gasteiger partial charge on any atom is 0.340 e. The van der Waals surface area contributed by atoms with Crippen LogP contribution in [-0.4, -0.2) is 52.4 Å². The molecule has 2 aliphatic heterocycles. The molecule has 3 aromatic carbocycles. The zero-order valence-corrected chi connectivity index (χ0v) is 33.5. The molecule has 0 saturated carbocycles. The average Bonchev–Trinajstić information content (AvgIpc) is 3.46. The number of hydrogen-bond donors (Lipinski definition) is 0. The largest absolute Gasteiger partial charge is 0.456 e. The van der Waals surface area contributed by atoms with Crippen LogP contribution in [0, 0.1) is 10.8 Å². The molecule has 0 radical (unpaired) electrons. The molecule has 2 aliphatic rings. The lowest BCUT2D eigenvalue weighted by Gasteiger charge is -2.37. The summed E-state index contributed by atoms with van der Waals surface area (Å²) in [5.74, 6) is 0.00950. The number of pyridine rings is 2. The van der Waals surface area contributed by atoms with E-state index in [9.17, 15) is 14.4 Å². The molecule has 0 unspecified atom stereocenters. The summed E-state index contributed by atoms with van der Waals surface area (Å²) in [5.41, 5.74) is 2.66. The Bertz CT molecular complexity index is 2160. The van der Waals surface area contributed by atoms with Crippen molar-refractivity contribution in [1.82, 2.24) is 14.9 Å². The molecule has 4 heterocycles. The summed E-state index contributed by atoms with van der Waals surface area (Å²) in [6, 6.07) is 28.2. The molecule has 7 rings (SSSR count). The molecule has 1 spiro atoms. The highest BCUT2D eigenvalue weighted by Gasteiger charge is 2.54. The topological polar surface area (TPSA) is 117 Å². The van der Waals surface area contributed by atoms with Gasteiger partial charge in [0.15, 0.2) is 5.60 Å². The predicted molar refractivity (Wildman–Crippen MR) is 216 cm³/mol. The van der Waals surface area contributed by atoms with E-state index >= 15 is 0 Å². The number of carbonyl (C=O) groups excluding carboxylic acids is 3. The van der Waals surface area contributed by atoms with E-state index in [-0.39, 0.29) is 11.5 Å². The first-order valence-corrected chi connectivity index (χ1v) is 19.5. The van der Waals surface area contributed by atoms with Gasteiger partial charge < -0.3 is 23.8 Å². The summed E-state index contributed by atoms with van der Waals surface area (Å²) < 4.78 is 24.4. The Morgan fingerprint density at radius 3 is 1.68 bits per heavy atom. The quantitative estimate of drug-likeness (QED) is 0.0902. The van der Waals surface area contributed by atoms with Crippen molar-refractivity contribution in [2.45, 2.75) is 72.8 Å². The van der Waals surface area contributed by atoms with Crippen molar-refractivity contribution in [2.75, 3.05) is 19.6 Å². The summed E-state index contributed by atoms with van der Waals surface area (Å²) in [7, 11) is 0. The predicted octanol–water partition coefficient (Wildman–Crippen LogP) is 8.67. The molecule has 0 saturated heterocycles. The minimum absolute atomic E-state index is 0.288. The number of ether oxygens (including phenoxy) is 4. The molecule has 0 bridgehead atoms. The maximum atomic E-state index is 13.8. The lowest BCUT2D eigenvalue weighted by atomic mass is 9.77. The fourth-order valence-electron chi connectivity index (χ4n) is 7.01. The van der Waals surface area contributed by atoms with Gasteiger partial charge in [0.25, 0.3) is 0 Å². The Kier molecular flexibility index (Phi) is 11.0. The molecule has 10 heteroatoms. The van der Waals surface area contributed by atoms with E-state index in [1.807, 2.05) is 48.8 Å². The number of esters is 3. The highest BCUT2D eigenvalue weighted by Crippen LogP contribution is 2.57. The standard InChI is InChI=1S/C47H49N3O7/c1-45(2,3)43(52)54-34-16-19-37-40(29-34)56-41-30-35(55-44(53)46(4,5)6)17-20-38(41)47(37)39-28-31(15-18-36(39)42(51)57-47)12-11-25-50(26-21-32-13-7-9-23-48-32)27-22-33-14-8-10-24-49-33/h7-10,13-20,23-24,28-30H,11-12,21-22,25-27H2,1-6H3. The Balaban J connectivity index is 1.19. The van der Waals surface area contributed by atoms with Crippen molar-refractivity contribution in [1.29, 1.82) is 0 Å². The summed E-state index contributed by atoms with van der Waals surface area (Å²) in [4.78, 5) is 51.0. The average molecular weight is 768 g/mol. The number of carbonyl (C=O) groups is 3. The van der Waals surface area contributed by atoms with Gasteiger partial charge in [-0.05, 0) is 121 Å². The molecule has 294 valence electrons. The minimum Gasteiger partial charge on any atom is -0.456 e. The monoisotopic (exact) mass is 767 g/mol. The van der Waals surface area contributed by atoms with E-state index < -0.39 is 34.3 Å². The van der Waals surface area contributed by atoms with Crippen LogP contribution < -0.4 is 14.2 Å². The van der Waals surface area contributed by atoms with Crippen LogP contribution in [-0.2, 0) is 39.2 Å². The van der Waals surface area contributed by atoms with Crippen LogP contribution in [0.2, 0.25) is 0 Å². The molecule has 57 heavy (non-hydrogen) atoms. The van der Waals surface area contributed by atoms with Crippen LogP contribution in [0.1, 0.15) is 92.0 Å². The van der Waals surface area contributed by atoms with Gasteiger partial charge in [0.2, 0.25) is 0 Å². The fourth-order valence-corrected chi connectivity index (χ4v) is 7.01. The van der Waals surface area contributed by atoms with Gasteiger partial charge in [0.1, 0.15) is 23.0 Å². The van der Waals surface area contributed by atoms with E-state index in [1.54, 1.807) is 77.9 Å². The lowest BCUT2D eigenvalue weighted by molar-refractivity contribution is -0.143. The summed E-state index contributed by atoms with van der Waals surface area (Å²) >= 11 is 0. The molecule has 2 aromatic heterocycles. The molecule has 10 nitrogen and oxygen atoms in total. The molecule has 0 N–H and O–H groups in total. The number of nitrogens with zero attached hydrogens (tertiary/aromatic N) is 3.